The van der Waals surface area contributed by atoms with Crippen molar-refractivity contribution in [2.45, 2.75) is 25.8 Å². The van der Waals surface area contributed by atoms with Gasteiger partial charge in [-0.3, -0.25) is 4.79 Å². The van der Waals surface area contributed by atoms with Crippen LogP contribution in [0.5, 0.6) is 0 Å². The van der Waals surface area contributed by atoms with Crippen LogP contribution >= 0.6 is 15.9 Å². The van der Waals surface area contributed by atoms with Crippen LogP contribution in [-0.4, -0.2) is 12.5 Å². The first-order valence-corrected chi connectivity index (χ1v) is 5.65. The molecule has 1 unspecified atom stereocenters. The second kappa shape index (κ2) is 3.93. The van der Waals surface area contributed by atoms with Crippen LogP contribution in [0.3, 0.4) is 0 Å². The normalized spacial score (nSPS) is 19.9. The fourth-order valence-corrected chi connectivity index (χ4v) is 2.49. The molecule has 0 spiro atoms. The van der Waals surface area contributed by atoms with Crippen molar-refractivity contribution >= 4 is 28.0 Å². The van der Waals surface area contributed by atoms with Crippen LogP contribution in [0, 0.1) is 5.82 Å². The van der Waals surface area contributed by atoms with Gasteiger partial charge in [-0.1, -0.05) is 0 Å². The van der Waals surface area contributed by atoms with Crippen molar-refractivity contribution in [1.29, 1.82) is 0 Å². The van der Waals surface area contributed by atoms with Crippen molar-refractivity contribution in [2.75, 3.05) is 4.90 Å². The lowest BCUT2D eigenvalue weighted by molar-refractivity contribution is -0.107. The van der Waals surface area contributed by atoms with E-state index in [4.69, 9.17) is 0 Å². The number of carbonyl (C=O) groups excluding carboxylic acids is 1. The number of rotatable bonds is 1. The number of carbonyl (C=O) groups is 1. The second-order valence-corrected chi connectivity index (χ2v) is 4.55. The number of nitrogens with zero attached hydrogens (tertiary/aromatic N) is 1. The predicted molar refractivity (Wildman–Crippen MR) is 60.4 cm³/mol. The SMILES string of the molecule is CC1CCc2c(ccc(F)c2Br)N1C=O. The fraction of sp³-hybridized carbons (Fsp3) is 0.364. The Balaban J connectivity index is 2.56. The summed E-state index contributed by atoms with van der Waals surface area (Å²) >= 11 is 3.22. The summed E-state index contributed by atoms with van der Waals surface area (Å²) in [5, 5.41) is 0. The second-order valence-electron chi connectivity index (χ2n) is 3.76. The van der Waals surface area contributed by atoms with Gasteiger partial charge in [0, 0.05) is 11.7 Å². The van der Waals surface area contributed by atoms with Gasteiger partial charge in [0.05, 0.1) is 4.47 Å². The predicted octanol–water partition coefficient (Wildman–Crippen LogP) is 2.89. The zero-order chi connectivity index (χ0) is 11.0. The molecule has 1 amide bonds. The van der Waals surface area contributed by atoms with Crippen LogP contribution in [0.1, 0.15) is 18.9 Å². The molecule has 1 aromatic rings. The topological polar surface area (TPSA) is 20.3 Å². The molecule has 4 heteroatoms. The van der Waals surface area contributed by atoms with Crippen molar-refractivity contribution in [1.82, 2.24) is 0 Å². The Morgan fingerprint density at radius 3 is 3.00 bits per heavy atom. The molecule has 1 atom stereocenters. The van der Waals surface area contributed by atoms with E-state index in [2.05, 4.69) is 15.9 Å². The summed E-state index contributed by atoms with van der Waals surface area (Å²) in [4.78, 5) is 12.6. The van der Waals surface area contributed by atoms with E-state index in [1.54, 1.807) is 11.0 Å². The van der Waals surface area contributed by atoms with E-state index in [-0.39, 0.29) is 11.9 Å². The van der Waals surface area contributed by atoms with E-state index in [0.717, 1.165) is 30.5 Å². The lowest BCUT2D eigenvalue weighted by Gasteiger charge is -2.32. The Bertz CT molecular complexity index is 408. The zero-order valence-corrected chi connectivity index (χ0v) is 9.92. The first-order chi connectivity index (χ1) is 7.15. The van der Waals surface area contributed by atoms with Crippen molar-refractivity contribution in [3.63, 3.8) is 0 Å². The summed E-state index contributed by atoms with van der Waals surface area (Å²) in [6.07, 6.45) is 2.49. The van der Waals surface area contributed by atoms with Crippen LogP contribution in [0.15, 0.2) is 16.6 Å². The highest BCUT2D eigenvalue weighted by Gasteiger charge is 2.25. The van der Waals surface area contributed by atoms with Crippen molar-refractivity contribution in [3.8, 4) is 0 Å². The molecule has 0 bridgehead atoms. The third-order valence-electron chi connectivity index (χ3n) is 2.85. The van der Waals surface area contributed by atoms with Gasteiger partial charge in [0.25, 0.3) is 0 Å². The number of benzene rings is 1. The molecule has 0 aromatic heterocycles. The van der Waals surface area contributed by atoms with Gasteiger partial charge in [-0.25, -0.2) is 4.39 Å². The quantitative estimate of drug-likeness (QED) is 0.720. The maximum absolute atomic E-state index is 13.3. The van der Waals surface area contributed by atoms with Gasteiger partial charge in [0.15, 0.2) is 0 Å². The van der Waals surface area contributed by atoms with Gasteiger partial charge in [0.2, 0.25) is 6.41 Å². The molecule has 15 heavy (non-hydrogen) atoms. The minimum Gasteiger partial charge on any atom is -0.312 e. The number of amides is 1. The molecule has 2 nitrogen and oxygen atoms in total. The lowest BCUT2D eigenvalue weighted by Crippen LogP contribution is -2.36. The van der Waals surface area contributed by atoms with E-state index in [9.17, 15) is 9.18 Å². The lowest BCUT2D eigenvalue weighted by atomic mass is 9.97. The highest BCUT2D eigenvalue weighted by Crippen LogP contribution is 2.35. The van der Waals surface area contributed by atoms with Crippen LogP contribution < -0.4 is 4.90 Å². The number of hydrogen-bond donors (Lipinski definition) is 0. The smallest absolute Gasteiger partial charge is 0.214 e. The Morgan fingerprint density at radius 1 is 1.60 bits per heavy atom. The molecule has 1 aromatic carbocycles. The van der Waals surface area contributed by atoms with E-state index in [1.807, 2.05) is 6.92 Å². The molecule has 1 aliphatic rings. The molecule has 1 heterocycles. The largest absolute Gasteiger partial charge is 0.312 e. The standard InChI is InChI=1S/C11H11BrFNO/c1-7-2-3-8-10(14(7)6-15)5-4-9(13)11(8)12/h4-7H,2-3H2,1H3. The van der Waals surface area contributed by atoms with Gasteiger partial charge < -0.3 is 4.90 Å². The molecule has 0 fully saturated rings. The minimum absolute atomic E-state index is 0.187. The average molecular weight is 272 g/mol. The van der Waals surface area contributed by atoms with Crippen molar-refractivity contribution < 1.29 is 9.18 Å². The summed E-state index contributed by atoms with van der Waals surface area (Å²) in [6, 6.07) is 3.24. The maximum Gasteiger partial charge on any atom is 0.214 e. The van der Waals surface area contributed by atoms with Gasteiger partial charge in [0.1, 0.15) is 5.82 Å². The monoisotopic (exact) mass is 271 g/mol. The zero-order valence-electron chi connectivity index (χ0n) is 8.34. The number of anilines is 1. The van der Waals surface area contributed by atoms with Crippen LogP contribution in [0.2, 0.25) is 0 Å². The Labute approximate surface area is 96.2 Å². The number of halogens is 2. The first-order valence-electron chi connectivity index (χ1n) is 4.85. The summed E-state index contributed by atoms with van der Waals surface area (Å²) in [5.74, 6) is -0.269. The molecule has 0 saturated carbocycles. The third-order valence-corrected chi connectivity index (χ3v) is 3.71. The molecule has 0 aliphatic carbocycles. The van der Waals surface area contributed by atoms with E-state index < -0.39 is 0 Å². The van der Waals surface area contributed by atoms with E-state index in [1.165, 1.54) is 6.07 Å². The first kappa shape index (κ1) is 10.6. The summed E-state index contributed by atoms with van der Waals surface area (Å²) in [6.45, 7) is 1.99. The number of hydrogen-bond acceptors (Lipinski definition) is 1. The third kappa shape index (κ3) is 1.67. The molecular formula is C11H11BrFNO. The van der Waals surface area contributed by atoms with Gasteiger partial charge >= 0.3 is 0 Å². The van der Waals surface area contributed by atoms with E-state index >= 15 is 0 Å². The van der Waals surface area contributed by atoms with Gasteiger partial charge in [-0.05, 0) is 53.4 Å². The number of fused-ring (bicyclic) bond motifs is 1. The van der Waals surface area contributed by atoms with Gasteiger partial charge in [-0.2, -0.15) is 0 Å². The van der Waals surface area contributed by atoms with Crippen molar-refractivity contribution in [2.24, 2.45) is 0 Å². The molecule has 80 valence electrons. The molecule has 0 saturated heterocycles. The summed E-state index contributed by atoms with van der Waals surface area (Å²) in [7, 11) is 0. The molecule has 0 N–H and O–H groups in total. The summed E-state index contributed by atoms with van der Waals surface area (Å²) < 4.78 is 13.8. The fourth-order valence-electron chi connectivity index (χ4n) is 1.95. The van der Waals surface area contributed by atoms with Crippen LogP contribution in [-0.2, 0) is 11.2 Å². The molecular weight excluding hydrogens is 261 g/mol. The maximum atomic E-state index is 13.3. The highest BCUT2D eigenvalue weighted by molar-refractivity contribution is 9.10. The minimum atomic E-state index is -0.269. The van der Waals surface area contributed by atoms with Crippen LogP contribution in [0.25, 0.3) is 0 Å². The summed E-state index contributed by atoms with van der Waals surface area (Å²) in [5.41, 5.74) is 1.71. The Hall–Kier alpha value is -0.900. The molecule has 0 radical (unpaired) electrons. The van der Waals surface area contributed by atoms with Crippen molar-refractivity contribution in [3.05, 3.63) is 28.0 Å². The van der Waals surface area contributed by atoms with E-state index in [0.29, 0.717) is 4.47 Å². The molecule has 1 aliphatic heterocycles. The molecule has 2 rings (SSSR count). The highest BCUT2D eigenvalue weighted by atomic mass is 79.9. The van der Waals surface area contributed by atoms with Gasteiger partial charge in [-0.15, -0.1) is 0 Å². The Kier molecular flexibility index (Phi) is 2.78. The average Bonchev–Trinajstić information content (AvgIpc) is 2.23. The van der Waals surface area contributed by atoms with Crippen LogP contribution in [0.4, 0.5) is 10.1 Å². The Morgan fingerprint density at radius 2 is 2.33 bits per heavy atom.